The normalized spacial score (nSPS) is 13.7. The molecule has 1 saturated heterocycles. The molecule has 0 spiro atoms. The van der Waals surface area contributed by atoms with Gasteiger partial charge in [-0.15, -0.1) is 0 Å². The first-order valence-corrected chi connectivity index (χ1v) is 17.2. The van der Waals surface area contributed by atoms with Crippen LogP contribution in [0.5, 0.6) is 0 Å². The summed E-state index contributed by atoms with van der Waals surface area (Å²) in [5, 5.41) is 2.93. The first-order valence-electron chi connectivity index (χ1n) is 17.2. The quantitative estimate of drug-likeness (QED) is 0.189. The highest BCUT2D eigenvalue weighted by atomic mass is 16.6. The minimum absolute atomic E-state index is 0.0620. The second-order valence-electron chi connectivity index (χ2n) is 12.7. The summed E-state index contributed by atoms with van der Waals surface area (Å²) in [5.41, 5.74) is 4.28. The Bertz CT molecular complexity index is 1440. The van der Waals surface area contributed by atoms with E-state index in [1.807, 2.05) is 79.5 Å². The van der Waals surface area contributed by atoms with Crippen LogP contribution in [0, 0.1) is 0 Å². The van der Waals surface area contributed by atoms with Crippen LogP contribution in [0.15, 0.2) is 72.9 Å². The number of amides is 3. The molecule has 1 N–H and O–H groups in total. The molecular formula is C38H52N6O4. The highest BCUT2D eigenvalue weighted by Gasteiger charge is 2.23. The van der Waals surface area contributed by atoms with Crippen LogP contribution in [0.1, 0.15) is 61.5 Å². The third kappa shape index (κ3) is 11.5. The van der Waals surface area contributed by atoms with Crippen molar-refractivity contribution in [3.8, 4) is 11.1 Å². The van der Waals surface area contributed by atoms with Gasteiger partial charge in [-0.25, -0.2) is 4.79 Å². The van der Waals surface area contributed by atoms with Crippen molar-refractivity contribution in [1.29, 1.82) is 0 Å². The molecule has 10 nitrogen and oxygen atoms in total. The van der Waals surface area contributed by atoms with E-state index in [1.165, 1.54) is 0 Å². The number of carbonyl (C=O) groups is 3. The van der Waals surface area contributed by atoms with Crippen molar-refractivity contribution in [2.24, 2.45) is 0 Å². The predicted octanol–water partition coefficient (Wildman–Crippen LogP) is 6.00. The molecule has 0 bridgehead atoms. The number of hydrogen-bond donors (Lipinski definition) is 1. The summed E-state index contributed by atoms with van der Waals surface area (Å²) in [6, 6.07) is 21.5. The monoisotopic (exact) mass is 656 g/mol. The van der Waals surface area contributed by atoms with Gasteiger partial charge in [0.25, 0.3) is 5.91 Å². The second-order valence-corrected chi connectivity index (χ2v) is 12.7. The molecule has 0 saturated carbocycles. The Balaban J connectivity index is 1.05. The summed E-state index contributed by atoms with van der Waals surface area (Å²) < 4.78 is 5.77. The second kappa shape index (κ2) is 18.9. The summed E-state index contributed by atoms with van der Waals surface area (Å²) in [6.45, 7) is 7.48. The van der Waals surface area contributed by atoms with E-state index in [0.29, 0.717) is 25.2 Å². The SMILES string of the molecule is CCN(C)C(=O)c1ccc(CN(C)CCCCCC(=O)N(C)CCN2CCC(OC(=O)Nc3ccccc3-c3ccccc3)CC2)cn1. The van der Waals surface area contributed by atoms with Gasteiger partial charge in [-0.2, -0.15) is 0 Å². The number of pyridine rings is 1. The number of rotatable bonds is 16. The van der Waals surface area contributed by atoms with Crippen molar-refractivity contribution in [3.05, 3.63) is 84.2 Å². The van der Waals surface area contributed by atoms with Gasteiger partial charge in [-0.1, -0.05) is 61.0 Å². The molecule has 2 heterocycles. The maximum Gasteiger partial charge on any atom is 0.411 e. The number of nitrogens with zero attached hydrogens (tertiary/aromatic N) is 5. The molecule has 3 amide bonds. The van der Waals surface area contributed by atoms with E-state index in [4.69, 9.17) is 4.74 Å². The van der Waals surface area contributed by atoms with E-state index in [2.05, 4.69) is 27.1 Å². The molecule has 48 heavy (non-hydrogen) atoms. The molecule has 2 aromatic carbocycles. The minimum Gasteiger partial charge on any atom is -0.446 e. The fraction of sp³-hybridized carbons (Fsp3) is 0.474. The number of likely N-dealkylation sites (tertiary alicyclic amines) is 1. The predicted molar refractivity (Wildman–Crippen MR) is 191 cm³/mol. The van der Waals surface area contributed by atoms with Crippen molar-refractivity contribution in [1.82, 2.24) is 24.6 Å². The van der Waals surface area contributed by atoms with Crippen molar-refractivity contribution < 1.29 is 19.1 Å². The van der Waals surface area contributed by atoms with Crippen LogP contribution in [-0.2, 0) is 16.1 Å². The van der Waals surface area contributed by atoms with Crippen molar-refractivity contribution in [2.75, 3.05) is 65.7 Å². The van der Waals surface area contributed by atoms with Gasteiger partial charge in [0.05, 0.1) is 5.69 Å². The first-order chi connectivity index (χ1) is 23.2. The molecule has 0 radical (unpaired) electrons. The Hall–Kier alpha value is -4.28. The van der Waals surface area contributed by atoms with Crippen molar-refractivity contribution in [2.45, 2.75) is 58.1 Å². The lowest BCUT2D eigenvalue weighted by Crippen LogP contribution is -2.42. The molecule has 1 aliphatic heterocycles. The molecule has 10 heteroatoms. The van der Waals surface area contributed by atoms with Crippen LogP contribution in [0.3, 0.4) is 0 Å². The number of unbranched alkanes of at least 4 members (excludes halogenated alkanes) is 2. The Morgan fingerprint density at radius 1 is 0.875 bits per heavy atom. The largest absolute Gasteiger partial charge is 0.446 e. The Morgan fingerprint density at radius 2 is 1.60 bits per heavy atom. The average molecular weight is 657 g/mol. The number of piperidine rings is 1. The zero-order valence-electron chi connectivity index (χ0n) is 29.1. The van der Waals surface area contributed by atoms with Gasteiger partial charge in [-0.3, -0.25) is 19.9 Å². The van der Waals surface area contributed by atoms with Crippen molar-refractivity contribution >= 4 is 23.6 Å². The summed E-state index contributed by atoms with van der Waals surface area (Å²) in [7, 11) is 5.74. The van der Waals surface area contributed by atoms with Gasteiger partial charge in [0, 0.05) is 71.5 Å². The lowest BCUT2D eigenvalue weighted by atomic mass is 10.0. The molecule has 3 aromatic rings. The van der Waals surface area contributed by atoms with Gasteiger partial charge in [0.1, 0.15) is 11.8 Å². The number of hydrogen-bond acceptors (Lipinski definition) is 7. The number of likely N-dealkylation sites (N-methyl/N-ethyl adjacent to an activating group) is 1. The highest BCUT2D eigenvalue weighted by molar-refractivity contribution is 5.92. The molecule has 0 atom stereocenters. The highest BCUT2D eigenvalue weighted by Crippen LogP contribution is 2.28. The molecular weight excluding hydrogens is 604 g/mol. The molecule has 258 valence electrons. The third-order valence-electron chi connectivity index (χ3n) is 8.98. The minimum atomic E-state index is -0.425. The fourth-order valence-corrected chi connectivity index (χ4v) is 5.82. The summed E-state index contributed by atoms with van der Waals surface area (Å²) in [5.74, 6) is 0.122. The van der Waals surface area contributed by atoms with E-state index in [0.717, 1.165) is 87.2 Å². The number of aromatic nitrogens is 1. The molecule has 0 aliphatic carbocycles. The topological polar surface area (TPSA) is 98.3 Å². The van der Waals surface area contributed by atoms with Gasteiger partial charge in [0.15, 0.2) is 0 Å². The number of ether oxygens (including phenoxy) is 1. The smallest absolute Gasteiger partial charge is 0.411 e. The number of benzene rings is 2. The average Bonchev–Trinajstić information content (AvgIpc) is 3.11. The standard InChI is InChI=1S/C38H52N6O4/c1-5-42(3)37(46)35-20-19-30(28-39-35)29-41(2)23-13-7-10-18-36(45)43(4)26-27-44-24-21-32(22-25-44)48-38(47)40-34-17-12-11-16-33(34)31-14-8-6-9-15-31/h6,8-9,11-12,14-17,19-20,28,32H,5,7,10,13,18,21-27,29H2,1-4H3,(H,40,47). The van der Waals surface area contributed by atoms with E-state index < -0.39 is 6.09 Å². The van der Waals surface area contributed by atoms with E-state index >= 15 is 0 Å². The van der Waals surface area contributed by atoms with Crippen LogP contribution in [0.25, 0.3) is 11.1 Å². The molecule has 4 rings (SSSR count). The summed E-state index contributed by atoms with van der Waals surface area (Å²) >= 11 is 0. The van der Waals surface area contributed by atoms with E-state index in [1.54, 1.807) is 24.2 Å². The number of para-hydroxylation sites is 1. The maximum absolute atomic E-state index is 12.7. The first kappa shape index (κ1) is 36.6. The lowest BCUT2D eigenvalue weighted by Gasteiger charge is -2.32. The Labute approximate surface area is 286 Å². The van der Waals surface area contributed by atoms with Crippen LogP contribution < -0.4 is 5.32 Å². The zero-order chi connectivity index (χ0) is 34.3. The third-order valence-corrected chi connectivity index (χ3v) is 8.98. The number of anilines is 1. The van der Waals surface area contributed by atoms with Gasteiger partial charge in [0.2, 0.25) is 5.91 Å². The molecule has 1 aliphatic rings. The van der Waals surface area contributed by atoms with E-state index in [-0.39, 0.29) is 17.9 Å². The molecule has 1 fully saturated rings. The maximum atomic E-state index is 12.7. The van der Waals surface area contributed by atoms with Gasteiger partial charge in [-0.05, 0) is 69.5 Å². The lowest BCUT2D eigenvalue weighted by molar-refractivity contribution is -0.130. The van der Waals surface area contributed by atoms with Crippen LogP contribution in [-0.4, -0.2) is 109 Å². The molecule has 1 aromatic heterocycles. The number of nitrogens with one attached hydrogen (secondary N) is 1. The fourth-order valence-electron chi connectivity index (χ4n) is 5.82. The molecule has 0 unspecified atom stereocenters. The number of carbonyl (C=O) groups excluding carboxylic acids is 3. The Morgan fingerprint density at radius 3 is 2.31 bits per heavy atom. The Kier molecular flexibility index (Phi) is 14.4. The van der Waals surface area contributed by atoms with Gasteiger partial charge < -0.3 is 24.3 Å². The van der Waals surface area contributed by atoms with Crippen LogP contribution >= 0.6 is 0 Å². The summed E-state index contributed by atoms with van der Waals surface area (Å²) in [4.78, 5) is 50.1. The van der Waals surface area contributed by atoms with Crippen LogP contribution in [0.4, 0.5) is 10.5 Å². The zero-order valence-corrected chi connectivity index (χ0v) is 29.1. The van der Waals surface area contributed by atoms with Gasteiger partial charge >= 0.3 is 6.09 Å². The van der Waals surface area contributed by atoms with Crippen LogP contribution in [0.2, 0.25) is 0 Å². The van der Waals surface area contributed by atoms with E-state index in [9.17, 15) is 14.4 Å². The van der Waals surface area contributed by atoms with Crippen molar-refractivity contribution in [3.63, 3.8) is 0 Å². The summed E-state index contributed by atoms with van der Waals surface area (Å²) in [6.07, 6.45) is 6.24.